The Morgan fingerprint density at radius 3 is 2.39 bits per heavy atom. The maximum Gasteiger partial charge on any atom is 0.0809 e. The van der Waals surface area contributed by atoms with E-state index < -0.39 is 12.2 Å². The standard InChI is InChI=1S/C28H46O3/c1-19(29)9-7-14-26(3,4)28(6)16-13-23-22(10-8-15-27(23,28)5)12-11-21-17-24(30)20(2)25(31)18-21/h11-12,19,23-25,29-31H,2,7-10,13-18H2,1,3-6H3/b22-12+/t19-,23?,24+,25+,27-,28+/m0/s1. The molecule has 31 heavy (non-hydrogen) atoms. The number of fused-ring (bicyclic) bond motifs is 1. The van der Waals surface area contributed by atoms with Gasteiger partial charge in [-0.15, -0.1) is 0 Å². The van der Waals surface area contributed by atoms with Crippen molar-refractivity contribution in [1.29, 1.82) is 0 Å². The SMILES string of the molecule is C=C1[C@H](O)CC(=C/C=C2\CCC[C@@]3(C)C2CC[C@]3(C)C(C)(C)CCC[C@H](C)O)C[C@H]1O. The van der Waals surface area contributed by atoms with Crippen molar-refractivity contribution in [2.45, 2.75) is 117 Å². The van der Waals surface area contributed by atoms with E-state index in [0.29, 0.717) is 29.7 Å². The van der Waals surface area contributed by atoms with Crippen molar-refractivity contribution in [2.75, 3.05) is 0 Å². The van der Waals surface area contributed by atoms with Crippen LogP contribution in [0.5, 0.6) is 0 Å². The Bertz CT molecular complexity index is 715. The van der Waals surface area contributed by atoms with E-state index in [0.717, 1.165) is 18.4 Å². The highest BCUT2D eigenvalue weighted by Gasteiger charge is 2.61. The second kappa shape index (κ2) is 9.15. The highest BCUT2D eigenvalue weighted by Crippen LogP contribution is 2.69. The van der Waals surface area contributed by atoms with Crippen molar-refractivity contribution in [2.24, 2.45) is 22.2 Å². The van der Waals surface area contributed by atoms with Crippen molar-refractivity contribution in [1.82, 2.24) is 0 Å². The van der Waals surface area contributed by atoms with Gasteiger partial charge < -0.3 is 15.3 Å². The van der Waals surface area contributed by atoms with E-state index in [1.165, 1.54) is 38.5 Å². The van der Waals surface area contributed by atoms with Gasteiger partial charge in [-0.1, -0.05) is 64.0 Å². The third-order valence-electron chi connectivity index (χ3n) is 9.79. The number of hydrogen-bond donors (Lipinski definition) is 3. The first-order chi connectivity index (χ1) is 14.4. The van der Waals surface area contributed by atoms with Gasteiger partial charge in [0.15, 0.2) is 0 Å². The summed E-state index contributed by atoms with van der Waals surface area (Å²) in [5.74, 6) is 0.618. The summed E-state index contributed by atoms with van der Waals surface area (Å²) in [5.41, 5.74) is 4.07. The molecule has 0 amide bonds. The molecule has 6 atom stereocenters. The summed E-state index contributed by atoms with van der Waals surface area (Å²) in [6.07, 6.45) is 13.6. The first-order valence-electron chi connectivity index (χ1n) is 12.5. The van der Waals surface area contributed by atoms with Gasteiger partial charge in [-0.2, -0.15) is 0 Å². The van der Waals surface area contributed by atoms with Crippen LogP contribution < -0.4 is 0 Å². The zero-order valence-corrected chi connectivity index (χ0v) is 20.6. The van der Waals surface area contributed by atoms with Crippen LogP contribution in [0.2, 0.25) is 0 Å². The Morgan fingerprint density at radius 2 is 1.77 bits per heavy atom. The second-order valence-electron chi connectivity index (χ2n) is 11.9. The van der Waals surface area contributed by atoms with Gasteiger partial charge in [0.1, 0.15) is 0 Å². The smallest absolute Gasteiger partial charge is 0.0809 e. The van der Waals surface area contributed by atoms with E-state index in [1.54, 1.807) is 5.57 Å². The van der Waals surface area contributed by atoms with Gasteiger partial charge in [0, 0.05) is 0 Å². The lowest BCUT2D eigenvalue weighted by Crippen LogP contribution is -2.48. The highest BCUT2D eigenvalue weighted by molar-refractivity contribution is 5.30. The van der Waals surface area contributed by atoms with E-state index in [2.05, 4.69) is 46.4 Å². The van der Waals surface area contributed by atoms with Crippen LogP contribution >= 0.6 is 0 Å². The van der Waals surface area contributed by atoms with Gasteiger partial charge in [0.05, 0.1) is 18.3 Å². The fourth-order valence-electron chi connectivity index (χ4n) is 7.15. The molecular formula is C28H46O3. The molecule has 3 aliphatic carbocycles. The summed E-state index contributed by atoms with van der Waals surface area (Å²) in [5, 5.41) is 30.1. The van der Waals surface area contributed by atoms with Crippen molar-refractivity contribution < 1.29 is 15.3 Å². The minimum absolute atomic E-state index is 0.207. The molecule has 3 nitrogen and oxygen atoms in total. The Labute approximate surface area is 190 Å². The van der Waals surface area contributed by atoms with Gasteiger partial charge in [0.25, 0.3) is 0 Å². The summed E-state index contributed by atoms with van der Waals surface area (Å²) in [7, 11) is 0. The number of allylic oxidation sites excluding steroid dienone is 3. The van der Waals surface area contributed by atoms with Gasteiger partial charge in [-0.05, 0) is 92.4 Å². The van der Waals surface area contributed by atoms with Gasteiger partial charge in [0.2, 0.25) is 0 Å². The molecule has 176 valence electrons. The van der Waals surface area contributed by atoms with E-state index in [1.807, 2.05) is 6.92 Å². The summed E-state index contributed by atoms with van der Waals surface area (Å²) in [6, 6.07) is 0. The van der Waals surface area contributed by atoms with Crippen LogP contribution in [0, 0.1) is 22.2 Å². The largest absolute Gasteiger partial charge is 0.393 e. The van der Waals surface area contributed by atoms with Crippen molar-refractivity contribution in [3.63, 3.8) is 0 Å². The Hall–Kier alpha value is -0.900. The average molecular weight is 431 g/mol. The quantitative estimate of drug-likeness (QED) is 0.447. The van der Waals surface area contributed by atoms with Gasteiger partial charge >= 0.3 is 0 Å². The normalized spacial score (nSPS) is 39.0. The topological polar surface area (TPSA) is 60.7 Å². The third-order valence-corrected chi connectivity index (χ3v) is 9.79. The molecule has 0 radical (unpaired) electrons. The van der Waals surface area contributed by atoms with Crippen LogP contribution in [0.25, 0.3) is 0 Å². The van der Waals surface area contributed by atoms with E-state index in [4.69, 9.17) is 0 Å². The average Bonchev–Trinajstić information content (AvgIpc) is 2.97. The molecule has 0 aliphatic heterocycles. The molecular weight excluding hydrogens is 384 g/mol. The third kappa shape index (κ3) is 4.61. The molecule has 0 aromatic rings. The Morgan fingerprint density at radius 1 is 1.13 bits per heavy atom. The molecule has 3 N–H and O–H groups in total. The molecule has 0 heterocycles. The number of aliphatic hydroxyl groups excluding tert-OH is 3. The number of aliphatic hydroxyl groups is 3. The van der Waals surface area contributed by atoms with Gasteiger partial charge in [-0.3, -0.25) is 0 Å². The zero-order valence-electron chi connectivity index (χ0n) is 20.6. The number of rotatable bonds is 6. The Kier molecular flexibility index (Phi) is 7.30. The monoisotopic (exact) mass is 430 g/mol. The maximum absolute atomic E-state index is 10.2. The second-order valence-corrected chi connectivity index (χ2v) is 11.9. The van der Waals surface area contributed by atoms with E-state index in [9.17, 15) is 15.3 Å². The molecule has 3 saturated carbocycles. The Balaban J connectivity index is 1.80. The van der Waals surface area contributed by atoms with Crippen LogP contribution in [-0.2, 0) is 0 Å². The lowest BCUT2D eigenvalue weighted by atomic mass is 9.49. The first kappa shape index (κ1) is 24.7. The fraction of sp³-hybridized carbons (Fsp3) is 0.786. The summed E-state index contributed by atoms with van der Waals surface area (Å²) >= 11 is 0. The molecule has 1 unspecified atom stereocenters. The lowest BCUT2D eigenvalue weighted by Gasteiger charge is -2.56. The predicted octanol–water partition coefficient (Wildman–Crippen LogP) is 6.09. The van der Waals surface area contributed by atoms with Crippen molar-refractivity contribution in [3.05, 3.63) is 35.5 Å². The maximum atomic E-state index is 10.2. The molecule has 0 bridgehead atoms. The minimum Gasteiger partial charge on any atom is -0.393 e. The van der Waals surface area contributed by atoms with Crippen molar-refractivity contribution >= 4 is 0 Å². The number of hydrogen-bond acceptors (Lipinski definition) is 3. The summed E-state index contributed by atoms with van der Waals surface area (Å²) in [6.45, 7) is 15.7. The fourth-order valence-corrected chi connectivity index (χ4v) is 7.15. The molecule has 3 heteroatoms. The molecule has 0 spiro atoms. The van der Waals surface area contributed by atoms with E-state index >= 15 is 0 Å². The van der Waals surface area contributed by atoms with Crippen LogP contribution in [-0.4, -0.2) is 33.6 Å². The summed E-state index contributed by atoms with van der Waals surface area (Å²) in [4.78, 5) is 0. The predicted molar refractivity (Wildman–Crippen MR) is 129 cm³/mol. The zero-order chi connectivity index (χ0) is 23.0. The molecule has 3 aliphatic rings. The molecule has 0 aromatic carbocycles. The lowest BCUT2D eigenvalue weighted by molar-refractivity contribution is -0.0545. The van der Waals surface area contributed by atoms with Gasteiger partial charge in [-0.25, -0.2) is 0 Å². The highest BCUT2D eigenvalue weighted by atomic mass is 16.3. The summed E-state index contributed by atoms with van der Waals surface area (Å²) < 4.78 is 0. The van der Waals surface area contributed by atoms with Crippen LogP contribution in [0.3, 0.4) is 0 Å². The molecule has 3 fully saturated rings. The first-order valence-corrected chi connectivity index (χ1v) is 12.5. The van der Waals surface area contributed by atoms with Crippen LogP contribution in [0.1, 0.15) is 98.8 Å². The van der Waals surface area contributed by atoms with Crippen molar-refractivity contribution in [3.8, 4) is 0 Å². The van der Waals surface area contributed by atoms with Crippen LogP contribution in [0.15, 0.2) is 35.5 Å². The van der Waals surface area contributed by atoms with Crippen LogP contribution in [0.4, 0.5) is 0 Å². The molecule has 3 rings (SSSR count). The molecule has 0 saturated heterocycles. The minimum atomic E-state index is -0.623. The van der Waals surface area contributed by atoms with E-state index in [-0.39, 0.29) is 16.9 Å². The molecule has 0 aromatic heterocycles.